The third kappa shape index (κ3) is 4.34. The zero-order valence-corrected chi connectivity index (χ0v) is 15.0. The highest BCUT2D eigenvalue weighted by molar-refractivity contribution is 7.91. The van der Waals surface area contributed by atoms with Crippen molar-refractivity contribution in [2.24, 2.45) is 0 Å². The van der Waals surface area contributed by atoms with Gasteiger partial charge in [-0.05, 0) is 19.1 Å². The van der Waals surface area contributed by atoms with Crippen molar-refractivity contribution >= 4 is 9.84 Å². The molecule has 1 atom stereocenters. The second-order valence-electron chi connectivity index (χ2n) is 7.32. The van der Waals surface area contributed by atoms with Gasteiger partial charge in [0.1, 0.15) is 12.3 Å². The van der Waals surface area contributed by atoms with Gasteiger partial charge in [0.15, 0.2) is 15.9 Å². The molecule has 0 aliphatic carbocycles. The average molecular weight is 339 g/mol. The number of aryl methyl sites for hydroxylation is 1. The van der Waals surface area contributed by atoms with Crippen LogP contribution in [-0.4, -0.2) is 52.9 Å². The highest BCUT2D eigenvalue weighted by atomic mass is 32.2. The number of nitrogens with one attached hydrogen (secondary N) is 2. The second-order valence-corrected chi connectivity index (χ2v) is 9.35. The summed E-state index contributed by atoms with van der Waals surface area (Å²) in [6, 6.07) is 7.58. The minimum absolute atomic E-state index is 0.247. The quantitative estimate of drug-likeness (QED) is 0.734. The zero-order valence-electron chi connectivity index (χ0n) is 14.2. The molecule has 1 aromatic rings. The van der Waals surface area contributed by atoms with Gasteiger partial charge in [0.05, 0.1) is 31.1 Å². The lowest BCUT2D eigenvalue weighted by atomic mass is 10.2. The minimum atomic E-state index is -3.19. The van der Waals surface area contributed by atoms with E-state index in [4.69, 9.17) is 0 Å². The molecule has 128 valence electrons. The zero-order chi connectivity index (χ0) is 16.3. The molecule has 0 radical (unpaired) electrons. The first-order chi connectivity index (χ1) is 11.0. The lowest BCUT2D eigenvalue weighted by Crippen LogP contribution is -3.22. The molecule has 2 aliphatic rings. The maximum atomic E-state index is 12.9. The monoisotopic (exact) mass is 338 g/mol. The molecular formula is C18H30N2O2S+2. The predicted octanol–water partition coefficient (Wildman–Crippen LogP) is -0.505. The van der Waals surface area contributed by atoms with Gasteiger partial charge in [0, 0.05) is 25.7 Å². The number of quaternary nitrogens is 2. The van der Waals surface area contributed by atoms with Gasteiger partial charge in [-0.25, -0.2) is 8.42 Å². The number of hydrogen-bond acceptors (Lipinski definition) is 2. The van der Waals surface area contributed by atoms with Gasteiger partial charge in [0.25, 0.3) is 0 Å². The molecule has 0 amide bonds. The smallest absolute Gasteiger partial charge is 0.184 e. The fraction of sp³-hybridized carbons (Fsp3) is 0.667. The number of rotatable bonds is 6. The normalized spacial score (nSPS) is 21.8. The summed E-state index contributed by atoms with van der Waals surface area (Å²) in [6.45, 7) is 7.72. The Morgan fingerprint density at radius 3 is 2.13 bits per heavy atom. The van der Waals surface area contributed by atoms with E-state index in [2.05, 4.69) is 0 Å². The van der Waals surface area contributed by atoms with Crippen LogP contribution in [0.2, 0.25) is 0 Å². The molecule has 2 heterocycles. The van der Waals surface area contributed by atoms with E-state index in [9.17, 15) is 8.42 Å². The van der Waals surface area contributed by atoms with Crippen LogP contribution in [-0.2, 0) is 9.84 Å². The largest absolute Gasteiger partial charge is 0.330 e. The second kappa shape index (κ2) is 7.32. The van der Waals surface area contributed by atoms with Gasteiger partial charge in [-0.3, -0.25) is 0 Å². The van der Waals surface area contributed by atoms with Gasteiger partial charge in [-0.1, -0.05) is 17.7 Å². The molecule has 1 aromatic carbocycles. The van der Waals surface area contributed by atoms with Crippen LogP contribution in [0.1, 0.15) is 31.2 Å². The Morgan fingerprint density at radius 1 is 0.957 bits per heavy atom. The van der Waals surface area contributed by atoms with Gasteiger partial charge in [0.2, 0.25) is 0 Å². The molecule has 5 heteroatoms. The Bertz CT molecular complexity index is 600. The summed E-state index contributed by atoms with van der Waals surface area (Å²) in [7, 11) is -3.19. The van der Waals surface area contributed by atoms with Crippen molar-refractivity contribution in [1.82, 2.24) is 0 Å². The standard InChI is InChI=1S/C18H28N2O2S/c1-16-6-8-18(9-7-16)23(21,22)15-17(20-12-4-5-13-20)14-19-10-2-3-11-19/h6-9,17H,2-5,10-15H2,1H3/p+2/t17-/m0/s1. The predicted molar refractivity (Wildman–Crippen MR) is 91.7 cm³/mol. The summed E-state index contributed by atoms with van der Waals surface area (Å²) in [5.41, 5.74) is 1.10. The third-order valence-electron chi connectivity index (χ3n) is 5.47. The van der Waals surface area contributed by atoms with Crippen molar-refractivity contribution in [3.8, 4) is 0 Å². The molecule has 0 saturated carbocycles. The number of hydrogen-bond donors (Lipinski definition) is 2. The van der Waals surface area contributed by atoms with Crippen LogP contribution in [0.15, 0.2) is 29.2 Å². The van der Waals surface area contributed by atoms with E-state index in [0.717, 1.165) is 25.2 Å². The number of likely N-dealkylation sites (tertiary alicyclic amines) is 2. The van der Waals surface area contributed by atoms with E-state index in [0.29, 0.717) is 10.6 Å². The molecule has 2 fully saturated rings. The number of benzene rings is 1. The third-order valence-corrected chi connectivity index (χ3v) is 7.30. The lowest BCUT2D eigenvalue weighted by Gasteiger charge is -2.26. The van der Waals surface area contributed by atoms with E-state index in [1.807, 2.05) is 19.1 Å². The van der Waals surface area contributed by atoms with E-state index >= 15 is 0 Å². The van der Waals surface area contributed by atoms with Gasteiger partial charge < -0.3 is 9.80 Å². The van der Waals surface area contributed by atoms with Crippen molar-refractivity contribution in [2.75, 3.05) is 38.5 Å². The average Bonchev–Trinajstić information content (AvgIpc) is 3.20. The molecule has 2 saturated heterocycles. The molecule has 2 N–H and O–H groups in total. The summed E-state index contributed by atoms with van der Waals surface area (Å²) in [6.07, 6.45) is 5.07. The Kier molecular flexibility index (Phi) is 5.39. The SMILES string of the molecule is Cc1ccc(S(=O)(=O)C[C@H](C[NH+]2CCCC2)[NH+]2CCCC2)cc1. The van der Waals surface area contributed by atoms with E-state index < -0.39 is 9.84 Å². The fourth-order valence-electron chi connectivity index (χ4n) is 4.09. The van der Waals surface area contributed by atoms with Crippen LogP contribution in [0.3, 0.4) is 0 Å². The first kappa shape index (κ1) is 16.9. The Morgan fingerprint density at radius 2 is 1.52 bits per heavy atom. The molecule has 3 rings (SSSR count). The van der Waals surface area contributed by atoms with Crippen LogP contribution >= 0.6 is 0 Å². The maximum Gasteiger partial charge on any atom is 0.184 e. The summed E-state index contributed by atoms with van der Waals surface area (Å²) >= 11 is 0. The topological polar surface area (TPSA) is 43.0 Å². The van der Waals surface area contributed by atoms with Gasteiger partial charge in [-0.2, -0.15) is 0 Å². The summed E-state index contributed by atoms with van der Waals surface area (Å²) in [4.78, 5) is 3.61. The first-order valence-corrected chi connectivity index (χ1v) is 10.7. The molecule has 23 heavy (non-hydrogen) atoms. The summed E-state index contributed by atoms with van der Waals surface area (Å²) in [5.74, 6) is 0.300. The Balaban J connectivity index is 1.74. The van der Waals surface area contributed by atoms with Crippen molar-refractivity contribution in [3.05, 3.63) is 29.8 Å². The van der Waals surface area contributed by atoms with Crippen molar-refractivity contribution in [3.63, 3.8) is 0 Å². The van der Waals surface area contributed by atoms with Crippen molar-refractivity contribution in [1.29, 1.82) is 0 Å². The van der Waals surface area contributed by atoms with Gasteiger partial charge >= 0.3 is 0 Å². The van der Waals surface area contributed by atoms with Crippen LogP contribution in [0, 0.1) is 6.92 Å². The lowest BCUT2D eigenvalue weighted by molar-refractivity contribution is -0.963. The van der Waals surface area contributed by atoms with Gasteiger partial charge in [-0.15, -0.1) is 0 Å². The summed E-state index contributed by atoms with van der Waals surface area (Å²) < 4.78 is 25.7. The highest BCUT2D eigenvalue weighted by Gasteiger charge is 2.35. The molecule has 0 spiro atoms. The van der Waals surface area contributed by atoms with E-state index in [-0.39, 0.29) is 6.04 Å². The van der Waals surface area contributed by atoms with E-state index in [1.54, 1.807) is 17.0 Å². The number of sulfone groups is 1. The molecule has 0 unspecified atom stereocenters. The minimum Gasteiger partial charge on any atom is -0.330 e. The van der Waals surface area contributed by atoms with Crippen molar-refractivity contribution in [2.45, 2.75) is 43.5 Å². The molecule has 0 aromatic heterocycles. The van der Waals surface area contributed by atoms with Crippen LogP contribution in [0.5, 0.6) is 0 Å². The fourth-order valence-corrected chi connectivity index (χ4v) is 5.72. The van der Waals surface area contributed by atoms with E-state index in [1.165, 1.54) is 43.7 Å². The molecular weight excluding hydrogens is 308 g/mol. The molecule has 0 bridgehead atoms. The van der Waals surface area contributed by atoms with Crippen LogP contribution < -0.4 is 9.80 Å². The molecule has 4 nitrogen and oxygen atoms in total. The van der Waals surface area contributed by atoms with Crippen molar-refractivity contribution < 1.29 is 18.2 Å². The van der Waals surface area contributed by atoms with Crippen LogP contribution in [0.25, 0.3) is 0 Å². The first-order valence-electron chi connectivity index (χ1n) is 9.02. The Hall–Kier alpha value is -0.910. The summed E-state index contributed by atoms with van der Waals surface area (Å²) in [5, 5.41) is 0. The highest BCUT2D eigenvalue weighted by Crippen LogP contribution is 2.13. The molecule has 2 aliphatic heterocycles. The maximum absolute atomic E-state index is 12.9. The van der Waals surface area contributed by atoms with Crippen LogP contribution in [0.4, 0.5) is 0 Å². The Labute approximate surface area is 140 Å².